The zero-order valence-electron chi connectivity index (χ0n) is 9.01. The van der Waals surface area contributed by atoms with Gasteiger partial charge in [-0.1, -0.05) is 0 Å². The van der Waals surface area contributed by atoms with E-state index in [1.807, 2.05) is 0 Å². The van der Waals surface area contributed by atoms with Crippen molar-refractivity contribution in [2.45, 2.75) is 6.54 Å². The fourth-order valence-corrected chi connectivity index (χ4v) is 1.94. The molecule has 0 fully saturated rings. The highest BCUT2D eigenvalue weighted by Crippen LogP contribution is 2.14. The zero-order chi connectivity index (χ0) is 12.3. The van der Waals surface area contributed by atoms with Gasteiger partial charge in [0.2, 0.25) is 0 Å². The summed E-state index contributed by atoms with van der Waals surface area (Å²) in [7, 11) is 0. The molecule has 0 saturated carbocycles. The molecule has 0 spiro atoms. The van der Waals surface area contributed by atoms with Crippen LogP contribution in [-0.4, -0.2) is 10.9 Å². The number of aromatic nitrogens is 1. The van der Waals surface area contributed by atoms with Gasteiger partial charge in [-0.25, -0.2) is 0 Å². The van der Waals surface area contributed by atoms with E-state index in [9.17, 15) is 4.79 Å². The predicted molar refractivity (Wildman–Crippen MR) is 68.6 cm³/mol. The van der Waals surface area contributed by atoms with Gasteiger partial charge in [0, 0.05) is 28.0 Å². The molecule has 1 aromatic heterocycles. The Labute approximate surface area is 102 Å². The van der Waals surface area contributed by atoms with Crippen LogP contribution in [0.2, 0.25) is 0 Å². The highest BCUT2D eigenvalue weighted by atomic mass is 32.1. The number of nitrogens with two attached hydrogens (primary N) is 2. The van der Waals surface area contributed by atoms with Crippen LogP contribution in [0.4, 0.5) is 11.4 Å². The highest BCUT2D eigenvalue weighted by Gasteiger charge is 2.07. The van der Waals surface area contributed by atoms with Crippen LogP contribution in [0.3, 0.4) is 0 Å². The van der Waals surface area contributed by atoms with Crippen molar-refractivity contribution in [1.29, 1.82) is 0 Å². The standard InChI is InChI=1S/C11H12N4OS/c12-8-1-7(2-9(13)3-8)11(16)15-5-10-4-14-6-17-10/h1-4,6H,5,12-13H2,(H,15,16). The Bertz CT molecular complexity index is 504. The van der Waals surface area contributed by atoms with Crippen molar-refractivity contribution < 1.29 is 4.79 Å². The minimum absolute atomic E-state index is 0.197. The van der Waals surface area contributed by atoms with E-state index in [1.165, 1.54) is 11.3 Å². The third kappa shape index (κ3) is 2.94. The van der Waals surface area contributed by atoms with Crippen LogP contribution in [0.15, 0.2) is 29.9 Å². The Balaban J connectivity index is 2.04. The molecule has 0 radical (unpaired) electrons. The van der Waals surface area contributed by atoms with Gasteiger partial charge < -0.3 is 16.8 Å². The van der Waals surface area contributed by atoms with Gasteiger partial charge >= 0.3 is 0 Å². The molecule has 2 rings (SSSR count). The number of nitrogen functional groups attached to an aromatic ring is 2. The lowest BCUT2D eigenvalue weighted by atomic mass is 10.1. The van der Waals surface area contributed by atoms with E-state index in [0.29, 0.717) is 23.5 Å². The minimum Gasteiger partial charge on any atom is -0.399 e. The molecule has 5 N–H and O–H groups in total. The summed E-state index contributed by atoms with van der Waals surface area (Å²) in [6.07, 6.45) is 1.72. The van der Waals surface area contributed by atoms with E-state index in [-0.39, 0.29) is 5.91 Å². The number of carbonyl (C=O) groups is 1. The van der Waals surface area contributed by atoms with Gasteiger partial charge in [-0.15, -0.1) is 11.3 Å². The molecule has 1 heterocycles. The average molecular weight is 248 g/mol. The summed E-state index contributed by atoms with van der Waals surface area (Å²) in [4.78, 5) is 16.7. The third-order valence-corrected chi connectivity index (χ3v) is 2.93. The number of benzene rings is 1. The van der Waals surface area contributed by atoms with Crippen LogP contribution in [0.5, 0.6) is 0 Å². The van der Waals surface area contributed by atoms with Crippen molar-refractivity contribution in [2.75, 3.05) is 11.5 Å². The quantitative estimate of drug-likeness (QED) is 0.712. The predicted octanol–water partition coefficient (Wildman–Crippen LogP) is 1.24. The minimum atomic E-state index is -0.197. The van der Waals surface area contributed by atoms with Crippen molar-refractivity contribution in [3.8, 4) is 0 Å². The molecule has 0 atom stereocenters. The molecular weight excluding hydrogens is 236 g/mol. The van der Waals surface area contributed by atoms with E-state index in [4.69, 9.17) is 11.5 Å². The largest absolute Gasteiger partial charge is 0.399 e. The van der Waals surface area contributed by atoms with Gasteiger partial charge in [-0.05, 0) is 18.2 Å². The summed E-state index contributed by atoms with van der Waals surface area (Å²) in [5, 5.41) is 2.78. The Hall–Kier alpha value is -2.08. The molecule has 88 valence electrons. The fraction of sp³-hybridized carbons (Fsp3) is 0.0909. The molecule has 5 nitrogen and oxygen atoms in total. The van der Waals surface area contributed by atoms with Gasteiger partial charge in [-0.3, -0.25) is 9.78 Å². The average Bonchev–Trinajstić information content (AvgIpc) is 2.77. The number of rotatable bonds is 3. The first-order chi connectivity index (χ1) is 8.15. The van der Waals surface area contributed by atoms with Crippen molar-refractivity contribution in [2.24, 2.45) is 0 Å². The lowest BCUT2D eigenvalue weighted by Gasteiger charge is -2.05. The van der Waals surface area contributed by atoms with Crippen molar-refractivity contribution in [3.05, 3.63) is 40.3 Å². The lowest BCUT2D eigenvalue weighted by molar-refractivity contribution is 0.0951. The first kappa shape index (κ1) is 11.4. The van der Waals surface area contributed by atoms with E-state index in [2.05, 4.69) is 10.3 Å². The van der Waals surface area contributed by atoms with Crippen LogP contribution < -0.4 is 16.8 Å². The van der Waals surface area contributed by atoms with Crippen molar-refractivity contribution in [3.63, 3.8) is 0 Å². The normalized spacial score (nSPS) is 10.1. The molecule has 6 heteroatoms. The number of amides is 1. The van der Waals surface area contributed by atoms with Crippen LogP contribution in [0, 0.1) is 0 Å². The number of hydrogen-bond acceptors (Lipinski definition) is 5. The summed E-state index contributed by atoms with van der Waals surface area (Å²) in [6.45, 7) is 0.457. The summed E-state index contributed by atoms with van der Waals surface area (Å²) in [6, 6.07) is 4.80. The molecule has 0 unspecified atom stereocenters. The van der Waals surface area contributed by atoms with Gasteiger partial charge in [-0.2, -0.15) is 0 Å². The van der Waals surface area contributed by atoms with E-state index < -0.39 is 0 Å². The third-order valence-electron chi connectivity index (χ3n) is 2.15. The maximum absolute atomic E-state index is 11.8. The van der Waals surface area contributed by atoms with Crippen LogP contribution in [0.1, 0.15) is 15.2 Å². The fourth-order valence-electron chi connectivity index (χ4n) is 1.41. The van der Waals surface area contributed by atoms with Gasteiger partial charge in [0.05, 0.1) is 12.1 Å². The van der Waals surface area contributed by atoms with Gasteiger partial charge in [0.1, 0.15) is 0 Å². The second-order valence-electron chi connectivity index (χ2n) is 3.54. The Kier molecular flexibility index (Phi) is 3.24. The van der Waals surface area contributed by atoms with Crippen LogP contribution in [0.25, 0.3) is 0 Å². The lowest BCUT2D eigenvalue weighted by Crippen LogP contribution is -2.22. The summed E-state index contributed by atoms with van der Waals surface area (Å²) < 4.78 is 0. The first-order valence-electron chi connectivity index (χ1n) is 4.97. The Morgan fingerprint density at radius 1 is 1.29 bits per heavy atom. The molecule has 0 saturated heterocycles. The molecular formula is C11H12N4OS. The molecule has 2 aromatic rings. The van der Waals surface area contributed by atoms with Gasteiger partial charge in [0.15, 0.2) is 0 Å². The van der Waals surface area contributed by atoms with Gasteiger partial charge in [0.25, 0.3) is 5.91 Å². The molecule has 1 aromatic carbocycles. The number of anilines is 2. The zero-order valence-corrected chi connectivity index (χ0v) is 9.83. The smallest absolute Gasteiger partial charge is 0.251 e. The van der Waals surface area contributed by atoms with E-state index in [1.54, 1.807) is 29.9 Å². The number of carbonyl (C=O) groups excluding carboxylic acids is 1. The monoisotopic (exact) mass is 248 g/mol. The maximum atomic E-state index is 11.8. The first-order valence-corrected chi connectivity index (χ1v) is 5.85. The number of thiazole rings is 1. The second-order valence-corrected chi connectivity index (χ2v) is 4.51. The molecule has 0 aliphatic carbocycles. The number of nitrogens with zero attached hydrogens (tertiary/aromatic N) is 1. The number of nitrogens with one attached hydrogen (secondary N) is 1. The number of hydrogen-bond donors (Lipinski definition) is 3. The van der Waals surface area contributed by atoms with E-state index >= 15 is 0 Å². The summed E-state index contributed by atoms with van der Waals surface area (Å²) in [5.74, 6) is -0.197. The Morgan fingerprint density at radius 2 is 2.00 bits per heavy atom. The van der Waals surface area contributed by atoms with Crippen molar-refractivity contribution >= 4 is 28.6 Å². The van der Waals surface area contributed by atoms with Crippen molar-refractivity contribution in [1.82, 2.24) is 10.3 Å². The summed E-state index contributed by atoms with van der Waals surface area (Å²) >= 11 is 1.49. The summed E-state index contributed by atoms with van der Waals surface area (Å²) in [5.41, 5.74) is 14.4. The SMILES string of the molecule is Nc1cc(N)cc(C(=O)NCc2cncs2)c1. The topological polar surface area (TPSA) is 94.0 Å². The highest BCUT2D eigenvalue weighted by molar-refractivity contribution is 7.09. The Morgan fingerprint density at radius 3 is 2.59 bits per heavy atom. The van der Waals surface area contributed by atoms with Crippen LogP contribution in [-0.2, 0) is 6.54 Å². The van der Waals surface area contributed by atoms with E-state index in [0.717, 1.165) is 4.88 Å². The molecule has 0 aliphatic rings. The maximum Gasteiger partial charge on any atom is 0.251 e. The second kappa shape index (κ2) is 4.84. The van der Waals surface area contributed by atoms with Crippen LogP contribution >= 0.6 is 11.3 Å². The molecule has 1 amide bonds. The molecule has 0 aliphatic heterocycles. The molecule has 17 heavy (non-hydrogen) atoms. The molecule has 0 bridgehead atoms.